The molecular formula is C24H35N7O2. The standard InChI is InChI=1S/C24H35N7O2/c1-3-4-11-30(12-13-32)23-22-20(26-24(25)27-23)17-31(28-22)16-19-8-7-18(14-21(19)33-2)15-29-9-5-6-10-29/h7-8,14,17,32H,3-6,9-13,15-16H2,1-2H3,(H2,25,26). The van der Waals surface area contributed by atoms with Crippen molar-refractivity contribution in [1.29, 1.82) is 0 Å². The van der Waals surface area contributed by atoms with Crippen LogP contribution in [0.4, 0.5) is 11.8 Å². The summed E-state index contributed by atoms with van der Waals surface area (Å²) < 4.78 is 7.57. The Labute approximate surface area is 195 Å². The van der Waals surface area contributed by atoms with Crippen molar-refractivity contribution >= 4 is 22.8 Å². The number of benzene rings is 1. The summed E-state index contributed by atoms with van der Waals surface area (Å²) in [5, 5.41) is 14.3. The van der Waals surface area contributed by atoms with Crippen LogP contribution < -0.4 is 15.4 Å². The summed E-state index contributed by atoms with van der Waals surface area (Å²) in [7, 11) is 1.71. The topological polar surface area (TPSA) is 106 Å². The summed E-state index contributed by atoms with van der Waals surface area (Å²) in [6, 6.07) is 6.43. The first kappa shape index (κ1) is 23.3. The van der Waals surface area contributed by atoms with Gasteiger partial charge in [0.2, 0.25) is 5.95 Å². The first-order valence-corrected chi connectivity index (χ1v) is 11.9. The van der Waals surface area contributed by atoms with Gasteiger partial charge in [-0.3, -0.25) is 9.58 Å². The van der Waals surface area contributed by atoms with Crippen molar-refractivity contribution < 1.29 is 9.84 Å². The number of fused-ring (bicyclic) bond motifs is 1. The molecule has 0 saturated carbocycles. The number of ether oxygens (including phenoxy) is 1. The minimum atomic E-state index is 0.0385. The predicted molar refractivity (Wildman–Crippen MR) is 131 cm³/mol. The number of likely N-dealkylation sites (tertiary alicyclic amines) is 1. The Hall–Kier alpha value is -2.91. The molecular weight excluding hydrogens is 418 g/mol. The van der Waals surface area contributed by atoms with Crippen LogP contribution in [0.25, 0.3) is 11.0 Å². The molecule has 3 heterocycles. The summed E-state index contributed by atoms with van der Waals surface area (Å²) in [6.45, 7) is 7.28. The molecule has 1 aliphatic rings. The lowest BCUT2D eigenvalue weighted by Gasteiger charge is -2.22. The van der Waals surface area contributed by atoms with Gasteiger partial charge in [-0.2, -0.15) is 10.1 Å². The van der Waals surface area contributed by atoms with Crippen molar-refractivity contribution in [3.63, 3.8) is 0 Å². The Balaban J connectivity index is 1.60. The number of nitrogen functional groups attached to an aromatic ring is 1. The first-order chi connectivity index (χ1) is 16.1. The van der Waals surface area contributed by atoms with Crippen LogP contribution >= 0.6 is 0 Å². The van der Waals surface area contributed by atoms with Crippen LogP contribution in [-0.2, 0) is 13.1 Å². The van der Waals surface area contributed by atoms with Crippen LogP contribution in [0.5, 0.6) is 5.75 Å². The number of nitrogens with two attached hydrogens (primary N) is 1. The Bertz CT molecular complexity index is 1060. The molecule has 0 bridgehead atoms. The number of anilines is 2. The van der Waals surface area contributed by atoms with Gasteiger partial charge in [0.05, 0.1) is 26.5 Å². The average Bonchev–Trinajstić information content (AvgIpc) is 3.46. The number of aliphatic hydroxyl groups is 1. The van der Waals surface area contributed by atoms with E-state index in [-0.39, 0.29) is 12.6 Å². The van der Waals surface area contributed by atoms with Crippen LogP contribution in [-0.4, -0.2) is 69.7 Å². The minimum Gasteiger partial charge on any atom is -0.496 e. The molecule has 9 nitrogen and oxygen atoms in total. The lowest BCUT2D eigenvalue weighted by Crippen LogP contribution is -2.29. The van der Waals surface area contributed by atoms with Gasteiger partial charge in [0.15, 0.2) is 11.3 Å². The molecule has 0 unspecified atom stereocenters. The fourth-order valence-corrected chi connectivity index (χ4v) is 4.45. The van der Waals surface area contributed by atoms with Crippen LogP contribution in [0.1, 0.15) is 43.7 Å². The number of methoxy groups -OCH3 is 1. The molecule has 1 fully saturated rings. The van der Waals surface area contributed by atoms with Crippen molar-refractivity contribution in [3.8, 4) is 5.75 Å². The van der Waals surface area contributed by atoms with Gasteiger partial charge >= 0.3 is 0 Å². The number of aromatic nitrogens is 4. The van der Waals surface area contributed by atoms with Gasteiger partial charge in [-0.25, -0.2) is 4.98 Å². The molecule has 0 aliphatic carbocycles. The Morgan fingerprint density at radius 2 is 1.97 bits per heavy atom. The second-order valence-corrected chi connectivity index (χ2v) is 8.66. The highest BCUT2D eigenvalue weighted by atomic mass is 16.5. The van der Waals surface area contributed by atoms with E-state index in [0.717, 1.165) is 37.2 Å². The molecule has 4 rings (SSSR count). The highest BCUT2D eigenvalue weighted by Gasteiger charge is 2.18. The molecule has 0 atom stereocenters. The van der Waals surface area contributed by atoms with E-state index < -0.39 is 0 Å². The van der Waals surface area contributed by atoms with Gasteiger partial charge < -0.3 is 20.5 Å². The van der Waals surface area contributed by atoms with E-state index in [2.05, 4.69) is 40.0 Å². The van der Waals surface area contributed by atoms with Crippen molar-refractivity contribution in [2.24, 2.45) is 0 Å². The smallest absolute Gasteiger partial charge is 0.222 e. The van der Waals surface area contributed by atoms with Crippen molar-refractivity contribution in [2.75, 3.05) is 50.5 Å². The summed E-state index contributed by atoms with van der Waals surface area (Å²) in [5.74, 6) is 1.74. The van der Waals surface area contributed by atoms with E-state index in [1.54, 1.807) is 7.11 Å². The molecule has 178 valence electrons. The van der Waals surface area contributed by atoms with Crippen molar-refractivity contribution in [1.82, 2.24) is 24.6 Å². The summed E-state index contributed by atoms with van der Waals surface area (Å²) in [4.78, 5) is 13.4. The lowest BCUT2D eigenvalue weighted by molar-refractivity contribution is 0.301. The van der Waals surface area contributed by atoms with E-state index in [0.29, 0.717) is 29.9 Å². The van der Waals surface area contributed by atoms with E-state index in [1.807, 2.05) is 15.8 Å². The molecule has 2 aromatic heterocycles. The highest BCUT2D eigenvalue weighted by Crippen LogP contribution is 2.26. The SMILES string of the molecule is CCCCN(CCO)c1nc(N)nc2cn(Cc3ccc(CN4CCCC4)cc3OC)nc12. The highest BCUT2D eigenvalue weighted by molar-refractivity contribution is 5.86. The number of hydrogen-bond acceptors (Lipinski definition) is 8. The zero-order chi connectivity index (χ0) is 23.2. The largest absolute Gasteiger partial charge is 0.496 e. The number of nitrogens with zero attached hydrogens (tertiary/aromatic N) is 6. The second-order valence-electron chi connectivity index (χ2n) is 8.66. The molecule has 1 saturated heterocycles. The Morgan fingerprint density at radius 1 is 1.15 bits per heavy atom. The summed E-state index contributed by atoms with van der Waals surface area (Å²) >= 11 is 0. The fourth-order valence-electron chi connectivity index (χ4n) is 4.45. The van der Waals surface area contributed by atoms with E-state index in [4.69, 9.17) is 15.6 Å². The van der Waals surface area contributed by atoms with E-state index >= 15 is 0 Å². The maximum absolute atomic E-state index is 9.55. The van der Waals surface area contributed by atoms with Crippen LogP contribution in [0, 0.1) is 0 Å². The van der Waals surface area contributed by atoms with Crippen LogP contribution in [0.2, 0.25) is 0 Å². The number of aliphatic hydroxyl groups excluding tert-OH is 1. The number of rotatable bonds is 11. The molecule has 0 spiro atoms. The zero-order valence-electron chi connectivity index (χ0n) is 19.7. The maximum atomic E-state index is 9.55. The van der Waals surface area contributed by atoms with Crippen LogP contribution in [0.3, 0.4) is 0 Å². The lowest BCUT2D eigenvalue weighted by atomic mass is 10.1. The van der Waals surface area contributed by atoms with Gasteiger partial charge in [-0.1, -0.05) is 25.5 Å². The van der Waals surface area contributed by atoms with Gasteiger partial charge in [0.1, 0.15) is 11.3 Å². The molecule has 33 heavy (non-hydrogen) atoms. The Kier molecular flexibility index (Phi) is 7.61. The van der Waals surface area contributed by atoms with Gasteiger partial charge in [-0.05, 0) is 44.0 Å². The number of unbranched alkanes of at least 4 members (excludes halogenated alkanes) is 1. The molecule has 3 aromatic rings. The third-order valence-electron chi connectivity index (χ3n) is 6.15. The molecule has 0 radical (unpaired) electrons. The van der Waals surface area contributed by atoms with Crippen LogP contribution in [0.15, 0.2) is 24.4 Å². The summed E-state index contributed by atoms with van der Waals surface area (Å²) in [6.07, 6.45) is 6.50. The second kappa shape index (κ2) is 10.8. The molecule has 9 heteroatoms. The normalized spacial score (nSPS) is 14.3. The fraction of sp³-hybridized carbons (Fsp3) is 0.542. The van der Waals surface area contributed by atoms with Crippen molar-refractivity contribution in [2.45, 2.75) is 45.7 Å². The Morgan fingerprint density at radius 3 is 2.70 bits per heavy atom. The van der Waals surface area contributed by atoms with Gasteiger partial charge in [0.25, 0.3) is 0 Å². The molecule has 1 aromatic carbocycles. The maximum Gasteiger partial charge on any atom is 0.222 e. The predicted octanol–water partition coefficient (Wildman–Crippen LogP) is 2.66. The van der Waals surface area contributed by atoms with Gasteiger partial charge in [0, 0.05) is 25.2 Å². The van der Waals surface area contributed by atoms with E-state index in [9.17, 15) is 5.11 Å². The van der Waals surface area contributed by atoms with Crippen molar-refractivity contribution in [3.05, 3.63) is 35.5 Å². The third-order valence-corrected chi connectivity index (χ3v) is 6.15. The minimum absolute atomic E-state index is 0.0385. The first-order valence-electron chi connectivity index (χ1n) is 11.9. The quantitative estimate of drug-likeness (QED) is 0.457. The van der Waals surface area contributed by atoms with E-state index in [1.165, 1.54) is 31.5 Å². The monoisotopic (exact) mass is 453 g/mol. The number of hydrogen-bond donors (Lipinski definition) is 2. The van der Waals surface area contributed by atoms with Gasteiger partial charge in [-0.15, -0.1) is 0 Å². The molecule has 1 aliphatic heterocycles. The molecule has 0 amide bonds. The third kappa shape index (κ3) is 5.54. The zero-order valence-corrected chi connectivity index (χ0v) is 19.7. The molecule has 3 N–H and O–H groups in total. The average molecular weight is 454 g/mol. The summed E-state index contributed by atoms with van der Waals surface area (Å²) in [5.41, 5.74) is 9.71.